The number of benzene rings is 1. The number of hydrogen-bond donors (Lipinski definition) is 3. The monoisotopic (exact) mass is 347 g/mol. The number of anilines is 2. The third kappa shape index (κ3) is 4.30. The number of phenols is 1. The molecule has 1 aliphatic rings. The molecule has 0 aromatic heterocycles. The van der Waals surface area contributed by atoms with Crippen LogP contribution >= 0.6 is 11.6 Å². The van der Waals surface area contributed by atoms with Crippen LogP contribution in [0, 0.1) is 0 Å². The summed E-state index contributed by atoms with van der Waals surface area (Å²) >= 11 is 5.99. The zero-order valence-corrected chi connectivity index (χ0v) is 13.6. The first-order valence-electron chi connectivity index (χ1n) is 6.86. The Morgan fingerprint density at radius 1 is 1.08 bits per heavy atom. The number of carbonyl (C=O) groups is 3. The van der Waals surface area contributed by atoms with Crippen LogP contribution in [-0.4, -0.2) is 28.4 Å². The van der Waals surface area contributed by atoms with Gasteiger partial charge in [-0.1, -0.05) is 11.6 Å². The smallest absolute Gasteiger partial charge is 0.221 e. The lowest BCUT2D eigenvalue weighted by atomic mass is 10.1. The third-order valence-corrected chi connectivity index (χ3v) is 3.20. The fourth-order valence-electron chi connectivity index (χ4n) is 1.96. The van der Waals surface area contributed by atoms with Gasteiger partial charge in [-0.3, -0.25) is 14.4 Å². The van der Waals surface area contributed by atoms with E-state index in [1.807, 2.05) is 0 Å². The van der Waals surface area contributed by atoms with Gasteiger partial charge in [0.15, 0.2) is 5.78 Å². The van der Waals surface area contributed by atoms with Crippen LogP contribution < -0.4 is 10.6 Å². The van der Waals surface area contributed by atoms with Crippen LogP contribution in [0.25, 0.3) is 0 Å². The van der Waals surface area contributed by atoms with E-state index < -0.39 is 0 Å². The Morgan fingerprint density at radius 2 is 1.71 bits per heavy atom. The normalized spacial score (nSPS) is 15.2. The summed E-state index contributed by atoms with van der Waals surface area (Å²) in [5.74, 6) is -1.23. The lowest BCUT2D eigenvalue weighted by Crippen LogP contribution is -2.09. The average molecular weight is 348 g/mol. The summed E-state index contributed by atoms with van der Waals surface area (Å²) < 4.78 is 0. The van der Waals surface area contributed by atoms with Crippen LogP contribution in [0.4, 0.5) is 17.1 Å². The summed E-state index contributed by atoms with van der Waals surface area (Å²) in [6.07, 6.45) is 3.96. The molecule has 0 spiro atoms. The molecule has 8 heteroatoms. The molecule has 1 aromatic rings. The van der Waals surface area contributed by atoms with Crippen LogP contribution in [-0.2, 0) is 14.4 Å². The van der Waals surface area contributed by atoms with Gasteiger partial charge in [0.25, 0.3) is 0 Å². The number of nitrogens with one attached hydrogen (secondary N) is 2. The minimum Gasteiger partial charge on any atom is -0.506 e. The van der Waals surface area contributed by atoms with Crippen molar-refractivity contribution >= 4 is 52.0 Å². The number of nitrogens with zero attached hydrogens (tertiary/aromatic N) is 1. The quantitative estimate of drug-likeness (QED) is 0.577. The zero-order valence-electron chi connectivity index (χ0n) is 12.9. The van der Waals surface area contributed by atoms with Crippen molar-refractivity contribution in [3.63, 3.8) is 0 Å². The summed E-state index contributed by atoms with van der Waals surface area (Å²) in [7, 11) is 0. The number of amides is 2. The first-order chi connectivity index (χ1) is 11.3. The molecule has 7 nitrogen and oxygen atoms in total. The highest BCUT2D eigenvalue weighted by Gasteiger charge is 2.14. The van der Waals surface area contributed by atoms with Crippen molar-refractivity contribution < 1.29 is 19.5 Å². The summed E-state index contributed by atoms with van der Waals surface area (Å²) in [6.45, 7) is 2.60. The summed E-state index contributed by atoms with van der Waals surface area (Å²) in [4.78, 5) is 38.1. The van der Waals surface area contributed by atoms with Gasteiger partial charge >= 0.3 is 0 Å². The van der Waals surface area contributed by atoms with Crippen LogP contribution in [0.15, 0.2) is 40.4 Å². The number of hydrogen-bond acceptors (Lipinski definition) is 5. The molecule has 1 aliphatic carbocycles. The van der Waals surface area contributed by atoms with E-state index >= 15 is 0 Å². The highest BCUT2D eigenvalue weighted by Crippen LogP contribution is 2.36. The van der Waals surface area contributed by atoms with Crippen LogP contribution in [0.3, 0.4) is 0 Å². The van der Waals surface area contributed by atoms with Crippen LogP contribution in [0.1, 0.15) is 13.8 Å². The van der Waals surface area contributed by atoms with Gasteiger partial charge in [0, 0.05) is 26.0 Å². The Hall–Kier alpha value is -2.93. The predicted molar refractivity (Wildman–Crippen MR) is 91.9 cm³/mol. The standard InChI is InChI=1S/C16H14ClN3O4/c1-8(21)18-14-7-16(24)15(19-9(2)22)6-13(14)20-12-4-3-10(23)5-11(12)17/h3-7,24H,1-2H3,(H,18,21)(H,19,22). The molecule has 0 unspecified atom stereocenters. The molecule has 2 rings (SSSR count). The highest BCUT2D eigenvalue weighted by atomic mass is 35.5. The minimum atomic E-state index is -0.378. The molecule has 1 aromatic carbocycles. The van der Waals surface area contributed by atoms with Gasteiger partial charge in [-0.2, -0.15) is 0 Å². The average Bonchev–Trinajstić information content (AvgIpc) is 2.45. The van der Waals surface area contributed by atoms with E-state index in [1.54, 1.807) is 0 Å². The van der Waals surface area contributed by atoms with Crippen molar-refractivity contribution in [2.24, 2.45) is 4.99 Å². The van der Waals surface area contributed by atoms with Crippen LogP contribution in [0.5, 0.6) is 5.75 Å². The number of ketones is 1. The Labute approximate surface area is 142 Å². The molecule has 0 saturated heterocycles. The van der Waals surface area contributed by atoms with E-state index in [9.17, 15) is 19.5 Å². The van der Waals surface area contributed by atoms with Gasteiger partial charge in [0.2, 0.25) is 11.8 Å². The predicted octanol–water partition coefficient (Wildman–Crippen LogP) is 2.64. The number of aliphatic imine (C=N–C) groups is 1. The molecule has 0 atom stereocenters. The highest BCUT2D eigenvalue weighted by molar-refractivity contribution is 6.48. The number of carbonyl (C=O) groups excluding carboxylic acids is 3. The molecule has 0 aliphatic heterocycles. The molecule has 0 bridgehead atoms. The fourth-order valence-corrected chi connectivity index (χ4v) is 2.17. The topological polar surface area (TPSA) is 108 Å². The molecule has 24 heavy (non-hydrogen) atoms. The zero-order chi connectivity index (χ0) is 17.9. The maximum absolute atomic E-state index is 11.3. The fraction of sp³-hybridized carbons (Fsp3) is 0.125. The van der Waals surface area contributed by atoms with Crippen molar-refractivity contribution in [2.45, 2.75) is 13.8 Å². The van der Waals surface area contributed by atoms with E-state index in [-0.39, 0.29) is 45.4 Å². The van der Waals surface area contributed by atoms with Gasteiger partial charge in [-0.05, 0) is 18.2 Å². The van der Waals surface area contributed by atoms with E-state index in [0.29, 0.717) is 5.71 Å². The Kier molecular flexibility index (Phi) is 5.15. The van der Waals surface area contributed by atoms with Crippen molar-refractivity contribution in [1.82, 2.24) is 0 Å². The third-order valence-electron chi connectivity index (χ3n) is 2.90. The van der Waals surface area contributed by atoms with E-state index in [2.05, 4.69) is 15.6 Å². The second-order valence-corrected chi connectivity index (χ2v) is 5.38. The summed E-state index contributed by atoms with van der Waals surface area (Å²) in [5, 5.41) is 15.1. The molecule has 0 heterocycles. The van der Waals surface area contributed by atoms with Gasteiger partial charge in [0.05, 0.1) is 27.8 Å². The Balaban J connectivity index is 2.54. The lowest BCUT2D eigenvalue weighted by Gasteiger charge is -2.13. The summed E-state index contributed by atoms with van der Waals surface area (Å²) in [6, 6.07) is 2.66. The summed E-state index contributed by atoms with van der Waals surface area (Å²) in [5.41, 5.74) is 0.929. The number of allylic oxidation sites excluding steroid dienone is 4. The Bertz CT molecular complexity index is 825. The minimum absolute atomic E-state index is 0.131. The Morgan fingerprint density at radius 3 is 2.29 bits per heavy atom. The second-order valence-electron chi connectivity index (χ2n) is 4.97. The van der Waals surface area contributed by atoms with Crippen LogP contribution in [0.2, 0.25) is 0 Å². The first kappa shape index (κ1) is 17.4. The second kappa shape index (κ2) is 7.10. The molecule has 0 radical (unpaired) electrons. The maximum atomic E-state index is 11.3. The van der Waals surface area contributed by atoms with Gasteiger partial charge in [-0.25, -0.2) is 4.99 Å². The molecule has 2 amide bonds. The first-order valence-corrected chi connectivity index (χ1v) is 7.24. The number of halogens is 1. The van der Waals surface area contributed by atoms with Crippen molar-refractivity contribution in [1.29, 1.82) is 0 Å². The molecule has 0 saturated carbocycles. The molecule has 0 fully saturated rings. The van der Waals surface area contributed by atoms with E-state index in [1.165, 1.54) is 44.2 Å². The largest absolute Gasteiger partial charge is 0.506 e. The van der Waals surface area contributed by atoms with E-state index in [4.69, 9.17) is 11.6 Å². The maximum Gasteiger partial charge on any atom is 0.221 e. The van der Waals surface area contributed by atoms with Gasteiger partial charge in [-0.15, -0.1) is 0 Å². The van der Waals surface area contributed by atoms with Gasteiger partial charge < -0.3 is 15.7 Å². The molecular formula is C16H14ClN3O4. The number of phenolic OH excluding ortho intramolecular Hbond substituents is 1. The molecule has 3 N–H and O–H groups in total. The van der Waals surface area contributed by atoms with E-state index in [0.717, 1.165) is 0 Å². The van der Waals surface area contributed by atoms with Crippen molar-refractivity contribution in [2.75, 3.05) is 10.6 Å². The van der Waals surface area contributed by atoms with Crippen molar-refractivity contribution in [3.05, 3.63) is 35.4 Å². The van der Waals surface area contributed by atoms with Gasteiger partial charge in [0.1, 0.15) is 5.75 Å². The molecular weight excluding hydrogens is 334 g/mol. The SMILES string of the molecule is CC(=O)Nc1cc(N=C2C=CC(=O)C=C2Cl)c(NC(C)=O)cc1O. The lowest BCUT2D eigenvalue weighted by molar-refractivity contribution is -0.115. The number of rotatable bonds is 3. The van der Waals surface area contributed by atoms with Crippen molar-refractivity contribution in [3.8, 4) is 5.75 Å². The molecule has 124 valence electrons. The number of aromatic hydroxyl groups is 1.